The maximum absolute atomic E-state index is 12.0. The summed E-state index contributed by atoms with van der Waals surface area (Å²) in [7, 11) is -0.518. The fraction of sp³-hybridized carbons (Fsp3) is 0.875. The van der Waals surface area contributed by atoms with Crippen LogP contribution in [0.25, 0.3) is 0 Å². The number of nitrogens with zero attached hydrogens (tertiary/aromatic N) is 2. The van der Waals surface area contributed by atoms with Crippen LogP contribution in [0.4, 0.5) is 8.78 Å². The molecule has 0 unspecified atom stereocenters. The molecule has 0 aromatic rings. The van der Waals surface area contributed by atoms with Gasteiger partial charge in [0.05, 0.1) is 20.1 Å². The first kappa shape index (κ1) is 16.2. The van der Waals surface area contributed by atoms with Crippen molar-refractivity contribution in [1.29, 1.82) is 0 Å². The molecule has 0 heterocycles. The van der Waals surface area contributed by atoms with Gasteiger partial charge in [-0.25, -0.2) is 8.78 Å². The average Bonchev–Trinajstić information content (AvgIpc) is 2.23. The molecule has 0 saturated heterocycles. The van der Waals surface area contributed by atoms with Gasteiger partial charge in [-0.1, -0.05) is 0 Å². The molecule has 17 heavy (non-hydrogen) atoms. The van der Waals surface area contributed by atoms with Gasteiger partial charge in [0.2, 0.25) is 0 Å². The van der Waals surface area contributed by atoms with Crippen molar-refractivity contribution in [3.8, 4) is 0 Å². The normalized spacial score (nSPS) is 12.5. The number of methoxy groups -OCH3 is 1. The highest BCUT2D eigenvalue weighted by molar-refractivity contribution is 7.86. The van der Waals surface area contributed by atoms with E-state index in [0.717, 1.165) is 11.4 Å². The maximum Gasteiger partial charge on any atom is 0.306 e. The van der Waals surface area contributed by atoms with Crippen molar-refractivity contribution in [3.05, 3.63) is 0 Å². The topological polar surface area (TPSA) is 66.9 Å². The van der Waals surface area contributed by atoms with Gasteiger partial charge in [0.15, 0.2) is 0 Å². The molecule has 0 aromatic heterocycles. The summed E-state index contributed by atoms with van der Waals surface area (Å²) in [5.41, 5.74) is 0. The first-order valence-corrected chi connectivity index (χ1v) is 6.14. The van der Waals surface area contributed by atoms with Gasteiger partial charge < -0.3 is 4.74 Å². The standard InChI is InChI=1S/C8H16F2N2O4S/c1-11(5-4-8(13)16-3)17(14,15)12(2)6-7(9)10/h7H,4-6H2,1-3H3. The number of rotatable bonds is 7. The first-order chi connectivity index (χ1) is 7.71. The summed E-state index contributed by atoms with van der Waals surface area (Å²) in [6.45, 7) is -1.01. The minimum atomic E-state index is -3.96. The summed E-state index contributed by atoms with van der Waals surface area (Å²) in [4.78, 5) is 10.8. The largest absolute Gasteiger partial charge is 0.469 e. The summed E-state index contributed by atoms with van der Waals surface area (Å²) >= 11 is 0. The zero-order valence-electron chi connectivity index (χ0n) is 9.89. The van der Waals surface area contributed by atoms with Crippen LogP contribution in [0.3, 0.4) is 0 Å². The predicted octanol–water partition coefficient (Wildman–Crippen LogP) is -0.0770. The molecule has 0 aliphatic carbocycles. The number of carbonyl (C=O) groups excluding carboxylic acids is 1. The van der Waals surface area contributed by atoms with Gasteiger partial charge >= 0.3 is 5.97 Å². The van der Waals surface area contributed by atoms with E-state index in [0.29, 0.717) is 4.31 Å². The number of esters is 1. The van der Waals surface area contributed by atoms with Crippen LogP contribution in [-0.4, -0.2) is 63.7 Å². The van der Waals surface area contributed by atoms with E-state index >= 15 is 0 Å². The summed E-state index contributed by atoms with van der Waals surface area (Å²) < 4.78 is 53.1. The number of hydrogen-bond acceptors (Lipinski definition) is 4. The van der Waals surface area contributed by atoms with Gasteiger partial charge in [0, 0.05) is 20.6 Å². The second-order valence-corrected chi connectivity index (χ2v) is 5.47. The number of alkyl halides is 2. The van der Waals surface area contributed by atoms with Crippen LogP contribution in [0, 0.1) is 0 Å². The minimum absolute atomic E-state index is 0.122. The Bertz CT molecular complexity index is 347. The van der Waals surface area contributed by atoms with E-state index in [1.807, 2.05) is 0 Å². The quantitative estimate of drug-likeness (QED) is 0.609. The Morgan fingerprint density at radius 2 is 1.82 bits per heavy atom. The zero-order valence-corrected chi connectivity index (χ0v) is 10.7. The van der Waals surface area contributed by atoms with Gasteiger partial charge in [-0.05, 0) is 0 Å². The van der Waals surface area contributed by atoms with Crippen molar-refractivity contribution in [1.82, 2.24) is 8.61 Å². The Morgan fingerprint density at radius 3 is 2.24 bits per heavy atom. The fourth-order valence-electron chi connectivity index (χ4n) is 0.993. The Labute approximate surface area is 99.3 Å². The SMILES string of the molecule is COC(=O)CCN(C)S(=O)(=O)N(C)CC(F)F. The molecular weight excluding hydrogens is 258 g/mol. The molecule has 0 aromatic carbocycles. The highest BCUT2D eigenvalue weighted by atomic mass is 32.2. The molecule has 0 radical (unpaired) electrons. The van der Waals surface area contributed by atoms with Gasteiger partial charge in [-0.15, -0.1) is 0 Å². The molecule has 0 aliphatic heterocycles. The van der Waals surface area contributed by atoms with E-state index < -0.39 is 29.1 Å². The van der Waals surface area contributed by atoms with Crippen molar-refractivity contribution in [2.24, 2.45) is 0 Å². The number of ether oxygens (including phenoxy) is 1. The molecular formula is C8H16F2N2O4S. The summed E-state index contributed by atoms with van der Waals surface area (Å²) in [5, 5.41) is 0. The molecule has 6 nitrogen and oxygen atoms in total. The van der Waals surface area contributed by atoms with Crippen molar-refractivity contribution < 1.29 is 26.7 Å². The lowest BCUT2D eigenvalue weighted by Crippen LogP contribution is -2.42. The second kappa shape index (κ2) is 6.82. The lowest BCUT2D eigenvalue weighted by Gasteiger charge is -2.23. The lowest BCUT2D eigenvalue weighted by molar-refractivity contribution is -0.140. The van der Waals surface area contributed by atoms with Crippen LogP contribution < -0.4 is 0 Å². The summed E-state index contributed by atoms with van der Waals surface area (Å²) in [6, 6.07) is 0. The van der Waals surface area contributed by atoms with Gasteiger partial charge in [-0.2, -0.15) is 17.0 Å². The first-order valence-electron chi connectivity index (χ1n) is 4.74. The summed E-state index contributed by atoms with van der Waals surface area (Å²) in [6.07, 6.45) is -2.88. The van der Waals surface area contributed by atoms with Gasteiger partial charge in [-0.3, -0.25) is 4.79 Å². The summed E-state index contributed by atoms with van der Waals surface area (Å²) in [5.74, 6) is -0.566. The van der Waals surface area contributed by atoms with Crippen LogP contribution >= 0.6 is 0 Å². The third-order valence-electron chi connectivity index (χ3n) is 2.04. The average molecular weight is 274 g/mol. The zero-order chi connectivity index (χ0) is 13.6. The Kier molecular flexibility index (Phi) is 6.50. The molecule has 0 rings (SSSR count). The molecule has 0 N–H and O–H groups in total. The molecule has 0 saturated carbocycles. The van der Waals surface area contributed by atoms with Crippen molar-refractivity contribution in [2.45, 2.75) is 12.8 Å². The molecule has 0 bridgehead atoms. The minimum Gasteiger partial charge on any atom is -0.469 e. The van der Waals surface area contributed by atoms with Crippen LogP contribution in [0.1, 0.15) is 6.42 Å². The lowest BCUT2D eigenvalue weighted by atomic mass is 10.4. The Morgan fingerprint density at radius 1 is 1.29 bits per heavy atom. The maximum atomic E-state index is 12.0. The molecule has 0 fully saturated rings. The van der Waals surface area contributed by atoms with E-state index in [-0.39, 0.29) is 13.0 Å². The van der Waals surface area contributed by atoms with Crippen LogP contribution in [0.15, 0.2) is 0 Å². The molecule has 0 amide bonds. The van der Waals surface area contributed by atoms with Crippen LogP contribution in [0.2, 0.25) is 0 Å². The van der Waals surface area contributed by atoms with E-state index in [1.165, 1.54) is 14.2 Å². The highest BCUT2D eigenvalue weighted by Gasteiger charge is 2.26. The van der Waals surface area contributed by atoms with E-state index in [1.54, 1.807) is 0 Å². The van der Waals surface area contributed by atoms with Crippen LogP contribution in [-0.2, 0) is 19.7 Å². The van der Waals surface area contributed by atoms with Crippen molar-refractivity contribution in [3.63, 3.8) is 0 Å². The smallest absolute Gasteiger partial charge is 0.306 e. The number of halogens is 2. The molecule has 0 spiro atoms. The van der Waals surface area contributed by atoms with Crippen LogP contribution in [0.5, 0.6) is 0 Å². The Balaban J connectivity index is 4.44. The predicted molar refractivity (Wildman–Crippen MR) is 56.8 cm³/mol. The van der Waals surface area contributed by atoms with E-state index in [4.69, 9.17) is 0 Å². The highest BCUT2D eigenvalue weighted by Crippen LogP contribution is 2.07. The number of carbonyl (C=O) groups is 1. The molecule has 9 heteroatoms. The number of hydrogen-bond donors (Lipinski definition) is 0. The second-order valence-electron chi connectivity index (χ2n) is 3.33. The van der Waals surface area contributed by atoms with E-state index in [9.17, 15) is 22.0 Å². The van der Waals surface area contributed by atoms with Crippen molar-refractivity contribution >= 4 is 16.2 Å². The third kappa shape index (κ3) is 5.37. The Hall–Kier alpha value is -0.800. The molecule has 0 aliphatic rings. The van der Waals surface area contributed by atoms with Crippen molar-refractivity contribution in [2.75, 3.05) is 34.3 Å². The third-order valence-corrected chi connectivity index (χ3v) is 3.95. The van der Waals surface area contributed by atoms with Gasteiger partial charge in [0.1, 0.15) is 0 Å². The molecule has 102 valence electrons. The fourth-order valence-corrected chi connectivity index (χ4v) is 2.09. The molecule has 0 atom stereocenters. The van der Waals surface area contributed by atoms with Gasteiger partial charge in [0.25, 0.3) is 16.6 Å². The monoisotopic (exact) mass is 274 g/mol. The van der Waals surface area contributed by atoms with E-state index in [2.05, 4.69) is 4.74 Å².